The first kappa shape index (κ1) is 19.7. The lowest BCUT2D eigenvalue weighted by Crippen LogP contribution is -2.47. The molecule has 0 radical (unpaired) electrons. The van der Waals surface area contributed by atoms with Gasteiger partial charge in [0.1, 0.15) is 6.61 Å². The fourth-order valence-electron chi connectivity index (χ4n) is 2.53. The lowest BCUT2D eigenvalue weighted by molar-refractivity contribution is -0.0742. The van der Waals surface area contributed by atoms with Crippen molar-refractivity contribution >= 4 is 0 Å². The molecule has 1 heterocycles. The number of hydrogen-bond donors (Lipinski definition) is 1. The van der Waals surface area contributed by atoms with E-state index in [0.29, 0.717) is 6.61 Å². The van der Waals surface area contributed by atoms with E-state index in [-0.39, 0.29) is 6.54 Å². The summed E-state index contributed by atoms with van der Waals surface area (Å²) in [7, 11) is 3.25. The largest absolute Gasteiger partial charge is 0.383 e. The number of piperazine rings is 1. The first-order valence-electron chi connectivity index (χ1n) is 8.11. The van der Waals surface area contributed by atoms with Crippen LogP contribution in [-0.2, 0) is 9.47 Å². The van der Waals surface area contributed by atoms with E-state index in [1.807, 2.05) is 0 Å². The summed E-state index contributed by atoms with van der Waals surface area (Å²) in [5, 5.41) is 2.47. The highest BCUT2D eigenvalue weighted by molar-refractivity contribution is 4.71. The summed E-state index contributed by atoms with van der Waals surface area (Å²) in [6.45, 7) is 6.70. The van der Waals surface area contributed by atoms with Gasteiger partial charge in [0.05, 0.1) is 13.2 Å². The molecule has 0 aromatic carbocycles. The van der Waals surface area contributed by atoms with Gasteiger partial charge in [-0.05, 0) is 26.4 Å². The molecule has 0 aromatic heterocycles. The summed E-state index contributed by atoms with van der Waals surface area (Å²) in [6.07, 6.45) is 1.83. The summed E-state index contributed by atoms with van der Waals surface area (Å²) < 4.78 is 36.4. The van der Waals surface area contributed by atoms with Crippen molar-refractivity contribution in [3.8, 4) is 0 Å². The number of unbranched alkanes of at least 4 members (excludes halogenated alkanes) is 1. The molecule has 0 spiro atoms. The fourth-order valence-corrected chi connectivity index (χ4v) is 2.53. The van der Waals surface area contributed by atoms with Crippen molar-refractivity contribution in [3.05, 3.63) is 0 Å². The molecule has 0 amide bonds. The molecule has 0 atom stereocenters. The van der Waals surface area contributed by atoms with Gasteiger partial charge < -0.3 is 19.7 Å². The van der Waals surface area contributed by atoms with E-state index < -0.39 is 12.5 Å². The third-order valence-electron chi connectivity index (χ3n) is 3.84. The van der Waals surface area contributed by atoms with Crippen molar-refractivity contribution in [1.82, 2.24) is 15.1 Å². The molecule has 0 unspecified atom stereocenters. The Morgan fingerprint density at radius 1 is 1.00 bits per heavy atom. The van der Waals surface area contributed by atoms with Crippen LogP contribution in [0.2, 0.25) is 0 Å². The summed E-state index contributed by atoms with van der Waals surface area (Å²) >= 11 is 0. The van der Waals surface area contributed by atoms with E-state index >= 15 is 0 Å². The zero-order chi connectivity index (χ0) is 16.3. The van der Waals surface area contributed by atoms with E-state index in [2.05, 4.69) is 15.1 Å². The van der Waals surface area contributed by atoms with Crippen LogP contribution in [0.4, 0.5) is 8.78 Å². The third-order valence-corrected chi connectivity index (χ3v) is 3.84. The highest BCUT2D eigenvalue weighted by Gasteiger charge is 2.27. The maximum atomic E-state index is 13.1. The van der Waals surface area contributed by atoms with Crippen molar-refractivity contribution in [2.75, 3.05) is 79.8 Å². The van der Waals surface area contributed by atoms with Crippen LogP contribution in [0.1, 0.15) is 12.8 Å². The molecule has 1 N–H and O–H groups in total. The standard InChI is InChI=1S/C15H31F2N3O2/c1-18-13-15(16,17)14-22-11-4-3-5-19-6-8-20(9-7-19)10-12-21-2/h18H,3-14H2,1-2H3. The van der Waals surface area contributed by atoms with Crippen molar-refractivity contribution in [2.45, 2.75) is 18.8 Å². The van der Waals surface area contributed by atoms with Gasteiger partial charge in [0.25, 0.3) is 5.92 Å². The van der Waals surface area contributed by atoms with Gasteiger partial charge in [0.15, 0.2) is 0 Å². The van der Waals surface area contributed by atoms with Crippen molar-refractivity contribution < 1.29 is 18.3 Å². The van der Waals surface area contributed by atoms with Gasteiger partial charge in [-0.2, -0.15) is 0 Å². The first-order valence-corrected chi connectivity index (χ1v) is 8.11. The minimum Gasteiger partial charge on any atom is -0.383 e. The maximum Gasteiger partial charge on any atom is 0.283 e. The Hall–Kier alpha value is -0.340. The summed E-state index contributed by atoms with van der Waals surface area (Å²) in [6, 6.07) is 0. The summed E-state index contributed by atoms with van der Waals surface area (Å²) in [4.78, 5) is 4.84. The number of hydrogen-bond acceptors (Lipinski definition) is 5. The zero-order valence-corrected chi connectivity index (χ0v) is 14.0. The first-order chi connectivity index (χ1) is 10.6. The molecule has 0 saturated carbocycles. The number of alkyl halides is 2. The number of nitrogens with one attached hydrogen (secondary N) is 1. The molecule has 1 fully saturated rings. The predicted molar refractivity (Wildman–Crippen MR) is 83.7 cm³/mol. The summed E-state index contributed by atoms with van der Waals surface area (Å²) in [5.41, 5.74) is 0. The lowest BCUT2D eigenvalue weighted by atomic mass is 10.2. The molecular formula is C15H31F2N3O2. The Kier molecular flexibility index (Phi) is 10.1. The Morgan fingerprint density at radius 2 is 1.64 bits per heavy atom. The number of ether oxygens (including phenoxy) is 2. The third kappa shape index (κ3) is 8.95. The molecule has 22 heavy (non-hydrogen) atoms. The molecule has 0 bridgehead atoms. The van der Waals surface area contributed by atoms with Crippen molar-refractivity contribution in [3.63, 3.8) is 0 Å². The van der Waals surface area contributed by atoms with Crippen LogP contribution in [0.25, 0.3) is 0 Å². The Morgan fingerprint density at radius 3 is 2.23 bits per heavy atom. The molecule has 5 nitrogen and oxygen atoms in total. The monoisotopic (exact) mass is 323 g/mol. The van der Waals surface area contributed by atoms with Gasteiger partial charge in [-0.25, -0.2) is 8.78 Å². The number of rotatable bonds is 12. The summed E-state index contributed by atoms with van der Waals surface area (Å²) in [5.74, 6) is -2.77. The lowest BCUT2D eigenvalue weighted by Gasteiger charge is -2.34. The molecule has 0 aromatic rings. The zero-order valence-electron chi connectivity index (χ0n) is 14.0. The minimum atomic E-state index is -2.77. The maximum absolute atomic E-state index is 13.1. The van der Waals surface area contributed by atoms with Gasteiger partial charge in [-0.1, -0.05) is 0 Å². The number of methoxy groups -OCH3 is 1. The second-order valence-electron chi connectivity index (χ2n) is 5.82. The van der Waals surface area contributed by atoms with Crippen LogP contribution >= 0.6 is 0 Å². The second kappa shape index (κ2) is 11.2. The van der Waals surface area contributed by atoms with E-state index in [4.69, 9.17) is 9.47 Å². The van der Waals surface area contributed by atoms with Crippen LogP contribution in [0, 0.1) is 0 Å². The fraction of sp³-hybridized carbons (Fsp3) is 1.00. The normalized spacial score (nSPS) is 18.0. The van der Waals surface area contributed by atoms with Crippen LogP contribution in [0.15, 0.2) is 0 Å². The van der Waals surface area contributed by atoms with Crippen molar-refractivity contribution in [1.29, 1.82) is 0 Å². The molecule has 0 aliphatic carbocycles. The van der Waals surface area contributed by atoms with E-state index in [1.165, 1.54) is 7.05 Å². The van der Waals surface area contributed by atoms with Crippen molar-refractivity contribution in [2.24, 2.45) is 0 Å². The van der Waals surface area contributed by atoms with Gasteiger partial charge in [0, 0.05) is 46.4 Å². The Labute approximate surface area is 132 Å². The Bertz CT molecular complexity index is 276. The topological polar surface area (TPSA) is 37.0 Å². The molecule has 1 saturated heterocycles. The molecular weight excluding hydrogens is 292 g/mol. The highest BCUT2D eigenvalue weighted by atomic mass is 19.3. The number of halogens is 2. The number of nitrogens with zero attached hydrogens (tertiary/aromatic N) is 2. The second-order valence-corrected chi connectivity index (χ2v) is 5.82. The van der Waals surface area contributed by atoms with Crippen LogP contribution in [-0.4, -0.2) is 95.5 Å². The molecule has 1 aliphatic rings. The molecule has 132 valence electrons. The average molecular weight is 323 g/mol. The predicted octanol–water partition coefficient (Wildman–Crippen LogP) is 0.902. The van der Waals surface area contributed by atoms with Gasteiger partial charge in [-0.15, -0.1) is 0 Å². The molecule has 1 rings (SSSR count). The Balaban J connectivity index is 1.95. The van der Waals surface area contributed by atoms with Crippen LogP contribution in [0.3, 0.4) is 0 Å². The SMILES string of the molecule is CNCC(F)(F)COCCCCN1CCN(CCOC)CC1. The average Bonchev–Trinajstić information content (AvgIpc) is 2.49. The highest BCUT2D eigenvalue weighted by Crippen LogP contribution is 2.12. The smallest absolute Gasteiger partial charge is 0.283 e. The van der Waals surface area contributed by atoms with Gasteiger partial charge in [-0.3, -0.25) is 4.90 Å². The van der Waals surface area contributed by atoms with Crippen LogP contribution < -0.4 is 5.32 Å². The van der Waals surface area contributed by atoms with Gasteiger partial charge >= 0.3 is 0 Å². The van der Waals surface area contributed by atoms with Gasteiger partial charge in [0.2, 0.25) is 0 Å². The minimum absolute atomic E-state index is 0.333. The quantitative estimate of drug-likeness (QED) is 0.540. The van der Waals surface area contributed by atoms with E-state index in [1.54, 1.807) is 7.11 Å². The van der Waals surface area contributed by atoms with E-state index in [0.717, 1.165) is 58.7 Å². The molecule has 7 heteroatoms. The van der Waals surface area contributed by atoms with E-state index in [9.17, 15) is 8.78 Å². The molecule has 1 aliphatic heterocycles. The van der Waals surface area contributed by atoms with Crippen LogP contribution in [0.5, 0.6) is 0 Å².